The predicted molar refractivity (Wildman–Crippen MR) is 40.7 cm³/mol. The van der Waals surface area contributed by atoms with Crippen LogP contribution >= 0.6 is 0 Å². The molecule has 10 heavy (non-hydrogen) atoms. The van der Waals surface area contributed by atoms with Gasteiger partial charge >= 0.3 is 0 Å². The van der Waals surface area contributed by atoms with Crippen LogP contribution in [0.2, 0.25) is 0 Å². The number of rotatable bonds is 1. The van der Waals surface area contributed by atoms with Crippen LogP contribution in [-0.4, -0.2) is 12.8 Å². The zero-order valence-corrected chi connectivity index (χ0v) is 6.51. The lowest BCUT2D eigenvalue weighted by molar-refractivity contribution is 0.555. The Morgan fingerprint density at radius 3 is 2.30 bits per heavy atom. The maximum atomic E-state index is 5.34. The minimum atomic E-state index is 0.265. The van der Waals surface area contributed by atoms with E-state index in [1.165, 1.54) is 0 Å². The summed E-state index contributed by atoms with van der Waals surface area (Å²) < 4.78 is 5.04. The van der Waals surface area contributed by atoms with Gasteiger partial charge in [-0.25, -0.2) is 4.98 Å². The van der Waals surface area contributed by atoms with Crippen molar-refractivity contribution in [2.75, 3.05) is 0 Å². The lowest BCUT2D eigenvalue weighted by Crippen LogP contribution is -2.02. The molecule has 0 aliphatic rings. The Hall–Kier alpha value is -0.725. The highest BCUT2D eigenvalue weighted by molar-refractivity contribution is 6.28. The average Bonchev–Trinajstić information content (AvgIpc) is 2.10. The van der Waals surface area contributed by atoms with Crippen LogP contribution in [0, 0.1) is 6.92 Å². The molecule has 0 atom stereocenters. The van der Waals surface area contributed by atoms with Gasteiger partial charge in [0.25, 0.3) is 0 Å². The van der Waals surface area contributed by atoms with Crippen molar-refractivity contribution in [2.24, 2.45) is 0 Å². The van der Waals surface area contributed by atoms with E-state index in [1.807, 2.05) is 6.92 Å². The zero-order valence-electron chi connectivity index (χ0n) is 6.51. The quantitative estimate of drug-likeness (QED) is 0.534. The molecule has 3 heteroatoms. The Balaban J connectivity index is 3.03. The topological polar surface area (TPSA) is 26.0 Å². The molecule has 0 N–H and O–H groups in total. The summed E-state index contributed by atoms with van der Waals surface area (Å²) in [5.41, 5.74) is 0.956. The zero-order chi connectivity index (χ0) is 7.72. The van der Waals surface area contributed by atoms with Gasteiger partial charge < -0.3 is 4.42 Å². The first-order chi connectivity index (χ1) is 4.61. The SMILES string of the molecule is [B]c1nc(C(C)C)c(C)o1. The molecule has 0 aliphatic heterocycles. The van der Waals surface area contributed by atoms with Crippen molar-refractivity contribution >= 4 is 13.6 Å². The molecule has 0 aromatic carbocycles. The van der Waals surface area contributed by atoms with E-state index in [0.29, 0.717) is 5.92 Å². The van der Waals surface area contributed by atoms with E-state index in [4.69, 9.17) is 12.3 Å². The fourth-order valence-corrected chi connectivity index (χ4v) is 0.965. The van der Waals surface area contributed by atoms with E-state index in [-0.39, 0.29) is 5.79 Å². The van der Waals surface area contributed by atoms with Gasteiger partial charge in [0.15, 0.2) is 7.85 Å². The first-order valence-corrected chi connectivity index (χ1v) is 3.34. The highest BCUT2D eigenvalue weighted by Gasteiger charge is 2.08. The number of aryl methyl sites for hydroxylation is 1. The Morgan fingerprint density at radius 2 is 2.10 bits per heavy atom. The van der Waals surface area contributed by atoms with E-state index < -0.39 is 0 Å². The molecule has 0 bridgehead atoms. The number of hydrogen-bond acceptors (Lipinski definition) is 2. The molecule has 0 aliphatic carbocycles. The standard InChI is InChI=1S/C7H10BNO/c1-4(2)6-5(3)10-7(8)9-6/h4H,1-3H3. The van der Waals surface area contributed by atoms with Gasteiger partial charge in [-0.15, -0.1) is 0 Å². The molecule has 0 saturated carbocycles. The molecule has 0 amide bonds. The molecule has 0 spiro atoms. The average molecular weight is 135 g/mol. The van der Waals surface area contributed by atoms with Crippen molar-refractivity contribution in [1.82, 2.24) is 4.98 Å². The van der Waals surface area contributed by atoms with Gasteiger partial charge in [-0.1, -0.05) is 13.8 Å². The largest absolute Gasteiger partial charge is 0.458 e. The maximum Gasteiger partial charge on any atom is 0.197 e. The molecule has 1 heterocycles. The molecule has 2 nitrogen and oxygen atoms in total. The van der Waals surface area contributed by atoms with Gasteiger partial charge in [0.2, 0.25) is 0 Å². The van der Waals surface area contributed by atoms with Crippen molar-refractivity contribution in [3.63, 3.8) is 0 Å². The van der Waals surface area contributed by atoms with Crippen LogP contribution in [0.25, 0.3) is 0 Å². The van der Waals surface area contributed by atoms with Crippen LogP contribution in [0.3, 0.4) is 0 Å². The minimum Gasteiger partial charge on any atom is -0.458 e. The van der Waals surface area contributed by atoms with Crippen molar-refractivity contribution in [1.29, 1.82) is 0 Å². The maximum absolute atomic E-state index is 5.34. The second-order valence-corrected chi connectivity index (χ2v) is 2.65. The first kappa shape index (κ1) is 7.38. The van der Waals surface area contributed by atoms with E-state index in [2.05, 4.69) is 18.8 Å². The monoisotopic (exact) mass is 135 g/mol. The molecule has 1 rings (SSSR count). The summed E-state index contributed by atoms with van der Waals surface area (Å²) in [6, 6.07) is 0. The smallest absolute Gasteiger partial charge is 0.197 e. The molecular formula is C7H10BNO. The van der Waals surface area contributed by atoms with Gasteiger partial charge in [0.1, 0.15) is 11.6 Å². The summed E-state index contributed by atoms with van der Waals surface area (Å²) >= 11 is 0. The van der Waals surface area contributed by atoms with Crippen molar-refractivity contribution in [2.45, 2.75) is 26.7 Å². The van der Waals surface area contributed by atoms with Gasteiger partial charge in [-0.3, -0.25) is 0 Å². The van der Waals surface area contributed by atoms with Crippen molar-refractivity contribution in [3.05, 3.63) is 11.5 Å². The van der Waals surface area contributed by atoms with Crippen LogP contribution < -0.4 is 5.79 Å². The van der Waals surface area contributed by atoms with E-state index in [0.717, 1.165) is 11.5 Å². The van der Waals surface area contributed by atoms with Gasteiger partial charge in [0, 0.05) is 0 Å². The lowest BCUT2D eigenvalue weighted by atomic mass is 10.1. The molecule has 1 aromatic heterocycles. The highest BCUT2D eigenvalue weighted by Crippen LogP contribution is 2.14. The molecular weight excluding hydrogens is 125 g/mol. The number of oxazole rings is 1. The molecule has 52 valence electrons. The summed E-state index contributed by atoms with van der Waals surface area (Å²) in [6.45, 7) is 5.99. The summed E-state index contributed by atoms with van der Waals surface area (Å²) in [7, 11) is 5.34. The number of nitrogens with zero attached hydrogens (tertiary/aromatic N) is 1. The minimum absolute atomic E-state index is 0.265. The van der Waals surface area contributed by atoms with Crippen LogP contribution in [0.5, 0.6) is 0 Å². The van der Waals surface area contributed by atoms with E-state index in [9.17, 15) is 0 Å². The second-order valence-electron chi connectivity index (χ2n) is 2.65. The first-order valence-electron chi connectivity index (χ1n) is 3.34. The molecule has 0 saturated heterocycles. The van der Waals surface area contributed by atoms with Gasteiger partial charge in [-0.05, 0) is 12.8 Å². The Kier molecular flexibility index (Phi) is 1.83. The third-order valence-electron chi connectivity index (χ3n) is 1.40. The number of hydrogen-bond donors (Lipinski definition) is 0. The Labute approximate surface area is 62.1 Å². The molecule has 0 fully saturated rings. The van der Waals surface area contributed by atoms with Gasteiger partial charge in [0.05, 0.1) is 5.69 Å². The fraction of sp³-hybridized carbons (Fsp3) is 0.571. The van der Waals surface area contributed by atoms with Crippen molar-refractivity contribution in [3.8, 4) is 0 Å². The number of aromatic nitrogens is 1. The lowest BCUT2D eigenvalue weighted by Gasteiger charge is -1.97. The third-order valence-corrected chi connectivity index (χ3v) is 1.40. The predicted octanol–water partition coefficient (Wildman–Crippen LogP) is 0.900. The summed E-state index contributed by atoms with van der Waals surface area (Å²) in [5, 5.41) is 0. The fourth-order valence-electron chi connectivity index (χ4n) is 0.965. The van der Waals surface area contributed by atoms with Crippen LogP contribution in [0.15, 0.2) is 4.42 Å². The Morgan fingerprint density at radius 1 is 1.50 bits per heavy atom. The van der Waals surface area contributed by atoms with Crippen LogP contribution in [0.4, 0.5) is 0 Å². The van der Waals surface area contributed by atoms with Crippen LogP contribution in [0.1, 0.15) is 31.2 Å². The molecule has 0 unspecified atom stereocenters. The molecule has 1 aromatic rings. The second kappa shape index (κ2) is 2.49. The van der Waals surface area contributed by atoms with E-state index in [1.54, 1.807) is 0 Å². The summed E-state index contributed by atoms with van der Waals surface area (Å²) in [6.07, 6.45) is 0. The van der Waals surface area contributed by atoms with Gasteiger partial charge in [-0.2, -0.15) is 0 Å². The molecule has 2 radical (unpaired) electrons. The van der Waals surface area contributed by atoms with Crippen LogP contribution in [-0.2, 0) is 0 Å². The third kappa shape index (κ3) is 1.23. The van der Waals surface area contributed by atoms with E-state index >= 15 is 0 Å². The highest BCUT2D eigenvalue weighted by atomic mass is 16.3. The van der Waals surface area contributed by atoms with Crippen molar-refractivity contribution < 1.29 is 4.42 Å². The summed E-state index contributed by atoms with van der Waals surface area (Å²) in [5.74, 6) is 1.48. The normalized spacial score (nSPS) is 10.8. The summed E-state index contributed by atoms with van der Waals surface area (Å²) in [4.78, 5) is 4.02. The Bertz CT molecular complexity index is 230.